The third-order valence-electron chi connectivity index (χ3n) is 2.91. The number of aryl methyl sites for hydroxylation is 1. The lowest BCUT2D eigenvalue weighted by atomic mass is 10.1. The van der Waals surface area contributed by atoms with E-state index in [0.29, 0.717) is 10.5 Å². The molecule has 5 nitrogen and oxygen atoms in total. The zero-order valence-corrected chi connectivity index (χ0v) is 12.1. The fourth-order valence-corrected chi connectivity index (χ4v) is 2.83. The molecule has 0 fully saturated rings. The van der Waals surface area contributed by atoms with Crippen molar-refractivity contribution in [3.05, 3.63) is 69.8 Å². The summed E-state index contributed by atoms with van der Waals surface area (Å²) >= 11 is 0. The average Bonchev–Trinajstić information content (AvgIpc) is 2.47. The van der Waals surface area contributed by atoms with Crippen LogP contribution in [0.4, 0.5) is 5.69 Å². The molecule has 0 amide bonds. The molecule has 2 aromatic rings. The maximum atomic E-state index is 12.1. The SMILES string of the molecule is Cc1cccc(C(=O)CS(=O)c2ccc([N+](=O)[O-])cc2)c1. The number of rotatable bonds is 5. The molecule has 1 unspecified atom stereocenters. The summed E-state index contributed by atoms with van der Waals surface area (Å²) in [6.45, 7) is 1.88. The highest BCUT2D eigenvalue weighted by Gasteiger charge is 2.14. The van der Waals surface area contributed by atoms with Crippen molar-refractivity contribution in [2.75, 3.05) is 5.75 Å². The van der Waals surface area contributed by atoms with Gasteiger partial charge in [0.25, 0.3) is 5.69 Å². The Morgan fingerprint density at radius 1 is 1.19 bits per heavy atom. The molecular formula is C15H13NO4S. The predicted octanol–water partition coefficient (Wildman–Crippen LogP) is 2.89. The van der Waals surface area contributed by atoms with Crippen molar-refractivity contribution in [3.63, 3.8) is 0 Å². The summed E-state index contributed by atoms with van der Waals surface area (Å²) in [6, 6.07) is 12.5. The van der Waals surface area contributed by atoms with Crippen molar-refractivity contribution >= 4 is 22.3 Å². The third-order valence-corrected chi connectivity index (χ3v) is 4.23. The number of carbonyl (C=O) groups excluding carboxylic acids is 1. The van der Waals surface area contributed by atoms with Gasteiger partial charge in [0.2, 0.25) is 0 Å². The number of non-ortho nitro benzene ring substituents is 1. The first-order valence-electron chi connectivity index (χ1n) is 6.20. The molecule has 0 bridgehead atoms. The molecule has 0 aliphatic heterocycles. The van der Waals surface area contributed by atoms with E-state index in [1.807, 2.05) is 13.0 Å². The topological polar surface area (TPSA) is 77.3 Å². The van der Waals surface area contributed by atoms with Crippen LogP contribution in [0.3, 0.4) is 0 Å². The molecule has 0 spiro atoms. The van der Waals surface area contributed by atoms with Crippen LogP contribution in [-0.2, 0) is 10.8 Å². The fourth-order valence-electron chi connectivity index (χ4n) is 1.82. The Labute approximate surface area is 124 Å². The number of carbonyl (C=O) groups is 1. The van der Waals surface area contributed by atoms with Gasteiger partial charge in [0.05, 0.1) is 21.5 Å². The van der Waals surface area contributed by atoms with Crippen LogP contribution in [0.1, 0.15) is 15.9 Å². The molecule has 0 aliphatic rings. The Bertz CT molecular complexity index is 710. The molecule has 0 N–H and O–H groups in total. The highest BCUT2D eigenvalue weighted by molar-refractivity contribution is 7.85. The lowest BCUT2D eigenvalue weighted by Crippen LogP contribution is -2.11. The zero-order chi connectivity index (χ0) is 15.4. The number of hydrogen-bond acceptors (Lipinski definition) is 4. The Morgan fingerprint density at radius 3 is 2.43 bits per heavy atom. The predicted molar refractivity (Wildman–Crippen MR) is 79.9 cm³/mol. The maximum Gasteiger partial charge on any atom is 0.269 e. The van der Waals surface area contributed by atoms with Gasteiger partial charge in [0.15, 0.2) is 5.78 Å². The second kappa shape index (κ2) is 6.41. The summed E-state index contributed by atoms with van der Waals surface area (Å²) < 4.78 is 12.1. The first kappa shape index (κ1) is 15.1. The van der Waals surface area contributed by atoms with Crippen molar-refractivity contribution in [1.29, 1.82) is 0 Å². The first-order chi connectivity index (χ1) is 9.97. The molecular weight excluding hydrogens is 290 g/mol. The van der Waals surface area contributed by atoms with Crippen LogP contribution in [0, 0.1) is 17.0 Å². The van der Waals surface area contributed by atoms with Crippen LogP contribution in [0.25, 0.3) is 0 Å². The molecule has 0 heterocycles. The second-order valence-corrected chi connectivity index (χ2v) is 5.98. The van der Waals surface area contributed by atoms with Crippen molar-refractivity contribution in [3.8, 4) is 0 Å². The van der Waals surface area contributed by atoms with Crippen molar-refractivity contribution in [2.45, 2.75) is 11.8 Å². The lowest BCUT2D eigenvalue weighted by Gasteiger charge is -2.03. The smallest absolute Gasteiger partial charge is 0.269 e. The average molecular weight is 303 g/mol. The molecule has 0 aliphatic carbocycles. The van der Waals surface area contributed by atoms with E-state index in [1.54, 1.807) is 18.2 Å². The maximum absolute atomic E-state index is 12.1. The number of nitrogens with zero attached hydrogens (tertiary/aromatic N) is 1. The monoisotopic (exact) mass is 303 g/mol. The van der Waals surface area contributed by atoms with Crippen LogP contribution in [-0.4, -0.2) is 20.7 Å². The van der Waals surface area contributed by atoms with E-state index in [0.717, 1.165) is 5.56 Å². The number of nitro groups is 1. The van der Waals surface area contributed by atoms with Gasteiger partial charge in [-0.15, -0.1) is 0 Å². The van der Waals surface area contributed by atoms with E-state index in [-0.39, 0.29) is 17.2 Å². The number of ketones is 1. The standard InChI is InChI=1S/C15H13NO4S/c1-11-3-2-4-12(9-11)15(17)10-21(20)14-7-5-13(6-8-14)16(18)19/h2-9H,10H2,1H3. The van der Waals surface area contributed by atoms with E-state index >= 15 is 0 Å². The minimum atomic E-state index is -1.51. The molecule has 21 heavy (non-hydrogen) atoms. The highest BCUT2D eigenvalue weighted by Crippen LogP contribution is 2.15. The Hall–Kier alpha value is -2.34. The van der Waals surface area contributed by atoms with Gasteiger partial charge in [-0.3, -0.25) is 19.1 Å². The Balaban J connectivity index is 2.10. The molecule has 6 heteroatoms. The highest BCUT2D eigenvalue weighted by atomic mass is 32.2. The Kier molecular flexibility index (Phi) is 4.59. The van der Waals surface area contributed by atoms with Gasteiger partial charge in [-0.2, -0.15) is 0 Å². The van der Waals surface area contributed by atoms with Crippen LogP contribution < -0.4 is 0 Å². The van der Waals surface area contributed by atoms with Crippen LogP contribution >= 0.6 is 0 Å². The van der Waals surface area contributed by atoms with Gasteiger partial charge < -0.3 is 0 Å². The number of hydrogen-bond donors (Lipinski definition) is 0. The van der Waals surface area contributed by atoms with E-state index in [9.17, 15) is 19.1 Å². The van der Waals surface area contributed by atoms with E-state index in [2.05, 4.69) is 0 Å². The molecule has 1 atom stereocenters. The quantitative estimate of drug-likeness (QED) is 0.483. The number of nitro benzene ring substituents is 1. The second-order valence-electron chi connectivity index (χ2n) is 4.53. The van der Waals surface area contributed by atoms with Gasteiger partial charge in [-0.25, -0.2) is 0 Å². The van der Waals surface area contributed by atoms with Crippen molar-refractivity contribution in [2.24, 2.45) is 0 Å². The summed E-state index contributed by atoms with van der Waals surface area (Å²) in [5.74, 6) is -0.350. The molecule has 2 aromatic carbocycles. The zero-order valence-electron chi connectivity index (χ0n) is 11.3. The largest absolute Gasteiger partial charge is 0.293 e. The summed E-state index contributed by atoms with van der Waals surface area (Å²) in [6.07, 6.45) is 0. The number of benzene rings is 2. The lowest BCUT2D eigenvalue weighted by molar-refractivity contribution is -0.384. The fraction of sp³-hybridized carbons (Fsp3) is 0.133. The summed E-state index contributed by atoms with van der Waals surface area (Å²) in [5.41, 5.74) is 1.41. The Morgan fingerprint density at radius 2 is 1.86 bits per heavy atom. The van der Waals surface area contributed by atoms with Crippen LogP contribution in [0.2, 0.25) is 0 Å². The minimum absolute atomic E-state index is 0.0687. The molecule has 0 saturated carbocycles. The van der Waals surface area contributed by atoms with Gasteiger partial charge in [-0.1, -0.05) is 23.8 Å². The van der Waals surface area contributed by atoms with Crippen LogP contribution in [0.15, 0.2) is 53.4 Å². The van der Waals surface area contributed by atoms with Gasteiger partial charge in [-0.05, 0) is 25.1 Å². The summed E-state index contributed by atoms with van der Waals surface area (Å²) in [4.78, 5) is 22.5. The molecule has 108 valence electrons. The van der Waals surface area contributed by atoms with Crippen LogP contribution in [0.5, 0.6) is 0 Å². The number of Topliss-reactive ketones (excluding diaryl/α,β-unsaturated/α-hetero) is 1. The van der Waals surface area contributed by atoms with Crippen molar-refractivity contribution in [1.82, 2.24) is 0 Å². The molecule has 0 saturated heterocycles. The van der Waals surface area contributed by atoms with E-state index in [1.165, 1.54) is 24.3 Å². The molecule has 0 radical (unpaired) electrons. The van der Waals surface area contributed by atoms with Gasteiger partial charge in [0, 0.05) is 22.6 Å². The van der Waals surface area contributed by atoms with Gasteiger partial charge in [0.1, 0.15) is 0 Å². The van der Waals surface area contributed by atoms with Crippen molar-refractivity contribution < 1.29 is 13.9 Å². The molecule has 0 aromatic heterocycles. The van der Waals surface area contributed by atoms with E-state index < -0.39 is 15.7 Å². The normalized spacial score (nSPS) is 11.9. The third kappa shape index (κ3) is 3.82. The van der Waals surface area contributed by atoms with Gasteiger partial charge >= 0.3 is 0 Å². The summed E-state index contributed by atoms with van der Waals surface area (Å²) in [7, 11) is -1.51. The van der Waals surface area contributed by atoms with E-state index in [4.69, 9.17) is 0 Å². The first-order valence-corrected chi connectivity index (χ1v) is 7.52. The summed E-state index contributed by atoms with van der Waals surface area (Å²) in [5, 5.41) is 10.6. The molecule has 2 rings (SSSR count). The minimum Gasteiger partial charge on any atom is -0.293 e.